The average Bonchev–Trinajstić information content (AvgIpc) is 3.49. The molecule has 0 unspecified atom stereocenters. The highest BCUT2D eigenvalue weighted by molar-refractivity contribution is 6.06. The van der Waals surface area contributed by atoms with Gasteiger partial charge in [0.05, 0.1) is 0 Å². The van der Waals surface area contributed by atoms with E-state index in [9.17, 15) is 14.4 Å². The molecule has 6 nitrogen and oxygen atoms in total. The van der Waals surface area contributed by atoms with E-state index in [1.807, 2.05) is 31.2 Å². The summed E-state index contributed by atoms with van der Waals surface area (Å²) in [5.41, 5.74) is 2.30. The molecule has 2 amide bonds. The quantitative estimate of drug-likeness (QED) is 0.665. The molecule has 3 aromatic rings. The number of anilines is 2. The fourth-order valence-corrected chi connectivity index (χ4v) is 2.93. The lowest BCUT2D eigenvalue weighted by Crippen LogP contribution is -2.23. The number of carbonyl (C=O) groups excluding carboxylic acids is 2. The van der Waals surface area contributed by atoms with E-state index in [4.69, 9.17) is 0 Å². The van der Waals surface area contributed by atoms with Crippen molar-refractivity contribution in [1.82, 2.24) is 4.98 Å². The zero-order valence-corrected chi connectivity index (χ0v) is 14.8. The monoisotopic (exact) mass is 361 g/mol. The molecule has 3 N–H and O–H groups in total. The summed E-state index contributed by atoms with van der Waals surface area (Å²) in [5, 5.41) is 6.42. The topological polar surface area (TPSA) is 91.1 Å². The minimum absolute atomic E-state index is 0.00195. The zero-order valence-electron chi connectivity index (χ0n) is 14.8. The Hall–Kier alpha value is -3.41. The largest absolute Gasteiger partial charge is 0.326 e. The molecule has 0 aliphatic heterocycles. The highest BCUT2D eigenvalue weighted by Crippen LogP contribution is 2.31. The van der Waals surface area contributed by atoms with E-state index < -0.39 is 11.5 Å². The predicted octanol–water partition coefficient (Wildman–Crippen LogP) is 3.44. The number of fused-ring (bicyclic) bond motifs is 1. The van der Waals surface area contributed by atoms with Crippen LogP contribution in [0.4, 0.5) is 11.4 Å². The number of H-pyrrole nitrogens is 1. The summed E-state index contributed by atoms with van der Waals surface area (Å²) in [7, 11) is 0. The van der Waals surface area contributed by atoms with Crippen LogP contribution < -0.4 is 16.2 Å². The van der Waals surface area contributed by atoms with Gasteiger partial charge in [-0.3, -0.25) is 14.4 Å². The molecule has 0 atom stereocenters. The Morgan fingerprint density at radius 3 is 2.59 bits per heavy atom. The lowest BCUT2D eigenvalue weighted by Gasteiger charge is -2.11. The van der Waals surface area contributed by atoms with Crippen LogP contribution in [0.25, 0.3) is 10.9 Å². The van der Waals surface area contributed by atoms with E-state index in [0.29, 0.717) is 16.9 Å². The molecule has 136 valence electrons. The third-order valence-electron chi connectivity index (χ3n) is 4.70. The summed E-state index contributed by atoms with van der Waals surface area (Å²) in [6.45, 7) is 1.85. The highest BCUT2D eigenvalue weighted by atomic mass is 16.2. The van der Waals surface area contributed by atoms with Crippen molar-refractivity contribution in [3.8, 4) is 0 Å². The SMILES string of the molecule is Cc1ccc(NC(=O)C2CC2)cc1NC(=O)c1cc2ccccc2[nH]c1=O. The number of hydrogen-bond acceptors (Lipinski definition) is 3. The minimum atomic E-state index is -0.490. The Morgan fingerprint density at radius 1 is 1.04 bits per heavy atom. The Morgan fingerprint density at radius 2 is 1.81 bits per heavy atom. The number of hydrogen-bond donors (Lipinski definition) is 3. The first kappa shape index (κ1) is 17.0. The molecule has 1 fully saturated rings. The smallest absolute Gasteiger partial charge is 0.261 e. The van der Waals surface area contributed by atoms with Gasteiger partial charge in [-0.2, -0.15) is 0 Å². The number of aromatic amines is 1. The highest BCUT2D eigenvalue weighted by Gasteiger charge is 2.29. The molecule has 0 saturated heterocycles. The molecule has 1 aliphatic carbocycles. The van der Waals surface area contributed by atoms with Crippen LogP contribution in [-0.2, 0) is 4.79 Å². The third-order valence-corrected chi connectivity index (χ3v) is 4.70. The van der Waals surface area contributed by atoms with Crippen molar-refractivity contribution in [1.29, 1.82) is 0 Å². The summed E-state index contributed by atoms with van der Waals surface area (Å²) in [6.07, 6.45) is 1.85. The third kappa shape index (κ3) is 3.60. The van der Waals surface area contributed by atoms with Crippen LogP contribution in [-0.4, -0.2) is 16.8 Å². The summed E-state index contributed by atoms with van der Waals surface area (Å²) in [6, 6.07) is 14.2. The van der Waals surface area contributed by atoms with Crippen LogP contribution in [0.2, 0.25) is 0 Å². The zero-order chi connectivity index (χ0) is 19.0. The van der Waals surface area contributed by atoms with Crippen molar-refractivity contribution in [3.63, 3.8) is 0 Å². The van der Waals surface area contributed by atoms with Gasteiger partial charge >= 0.3 is 0 Å². The number of benzene rings is 2. The van der Waals surface area contributed by atoms with Crippen molar-refractivity contribution in [2.75, 3.05) is 10.6 Å². The second-order valence-corrected chi connectivity index (χ2v) is 6.85. The molecule has 27 heavy (non-hydrogen) atoms. The van der Waals surface area contributed by atoms with Gasteiger partial charge in [-0.25, -0.2) is 0 Å². The lowest BCUT2D eigenvalue weighted by atomic mass is 10.1. The Bertz CT molecular complexity index is 1110. The molecule has 0 radical (unpaired) electrons. The van der Waals surface area contributed by atoms with Crippen LogP contribution >= 0.6 is 0 Å². The summed E-state index contributed by atoms with van der Waals surface area (Å²) in [5.74, 6) is -0.390. The normalized spacial score (nSPS) is 13.4. The van der Waals surface area contributed by atoms with Gasteiger partial charge in [0.15, 0.2) is 0 Å². The second-order valence-electron chi connectivity index (χ2n) is 6.85. The van der Waals surface area contributed by atoms with E-state index in [2.05, 4.69) is 15.6 Å². The van der Waals surface area contributed by atoms with Gasteiger partial charge in [0.2, 0.25) is 5.91 Å². The standard InChI is InChI=1S/C21H19N3O3/c1-12-6-9-15(22-19(25)13-7-8-13)11-18(12)24-21(27)16-10-14-4-2-3-5-17(14)23-20(16)26/h2-6,9-11,13H,7-8H2,1H3,(H,22,25)(H,23,26)(H,24,27). The number of aromatic nitrogens is 1. The first-order valence-electron chi connectivity index (χ1n) is 8.86. The van der Waals surface area contributed by atoms with Crippen LogP contribution in [0.15, 0.2) is 53.3 Å². The van der Waals surface area contributed by atoms with Crippen molar-refractivity contribution in [2.45, 2.75) is 19.8 Å². The van der Waals surface area contributed by atoms with Crippen LogP contribution in [0, 0.1) is 12.8 Å². The van der Waals surface area contributed by atoms with Gasteiger partial charge in [-0.15, -0.1) is 0 Å². The van der Waals surface area contributed by atoms with Gasteiger partial charge in [0.1, 0.15) is 5.56 Å². The van der Waals surface area contributed by atoms with Crippen molar-refractivity contribution >= 4 is 34.1 Å². The number of amides is 2. The van der Waals surface area contributed by atoms with Gasteiger partial charge in [-0.1, -0.05) is 24.3 Å². The molecule has 1 aromatic heterocycles. The van der Waals surface area contributed by atoms with Gasteiger partial charge in [0.25, 0.3) is 11.5 Å². The van der Waals surface area contributed by atoms with Crippen molar-refractivity contribution < 1.29 is 9.59 Å². The number of para-hydroxylation sites is 1. The van der Waals surface area contributed by atoms with E-state index in [1.165, 1.54) is 0 Å². The maximum absolute atomic E-state index is 12.7. The minimum Gasteiger partial charge on any atom is -0.326 e. The van der Waals surface area contributed by atoms with E-state index in [-0.39, 0.29) is 17.4 Å². The molecule has 1 saturated carbocycles. The Labute approximate surface area is 155 Å². The molecule has 6 heteroatoms. The van der Waals surface area contributed by atoms with E-state index in [1.54, 1.807) is 24.3 Å². The molecular formula is C21H19N3O3. The first-order valence-corrected chi connectivity index (χ1v) is 8.86. The number of rotatable bonds is 4. The van der Waals surface area contributed by atoms with Gasteiger partial charge in [0, 0.05) is 22.8 Å². The molecule has 1 heterocycles. The van der Waals surface area contributed by atoms with Crippen LogP contribution in [0.5, 0.6) is 0 Å². The number of carbonyl (C=O) groups is 2. The van der Waals surface area contributed by atoms with E-state index >= 15 is 0 Å². The molecule has 0 bridgehead atoms. The molecular weight excluding hydrogens is 342 g/mol. The van der Waals surface area contributed by atoms with Crippen molar-refractivity contribution in [2.24, 2.45) is 5.92 Å². The number of pyridine rings is 1. The van der Waals surface area contributed by atoms with Crippen LogP contribution in [0.3, 0.4) is 0 Å². The second kappa shape index (κ2) is 6.72. The van der Waals surface area contributed by atoms with Gasteiger partial charge < -0.3 is 15.6 Å². The Kier molecular flexibility index (Phi) is 4.24. The summed E-state index contributed by atoms with van der Waals surface area (Å²) in [4.78, 5) is 39.6. The molecule has 4 rings (SSSR count). The number of aryl methyl sites for hydroxylation is 1. The lowest BCUT2D eigenvalue weighted by molar-refractivity contribution is -0.117. The number of nitrogens with one attached hydrogen (secondary N) is 3. The Balaban J connectivity index is 1.59. The van der Waals surface area contributed by atoms with E-state index in [0.717, 1.165) is 23.8 Å². The maximum Gasteiger partial charge on any atom is 0.261 e. The molecule has 1 aliphatic rings. The van der Waals surface area contributed by atoms with Crippen LogP contribution in [0.1, 0.15) is 28.8 Å². The maximum atomic E-state index is 12.7. The molecule has 2 aromatic carbocycles. The van der Waals surface area contributed by atoms with Crippen molar-refractivity contribution in [3.05, 3.63) is 70.0 Å². The van der Waals surface area contributed by atoms with Gasteiger partial charge in [-0.05, 0) is 55.0 Å². The summed E-state index contributed by atoms with van der Waals surface area (Å²) >= 11 is 0. The average molecular weight is 361 g/mol. The summed E-state index contributed by atoms with van der Waals surface area (Å²) < 4.78 is 0. The first-order chi connectivity index (χ1) is 13.0. The molecule has 0 spiro atoms. The predicted molar refractivity (Wildman–Crippen MR) is 105 cm³/mol. The fourth-order valence-electron chi connectivity index (χ4n) is 2.93. The fraction of sp³-hybridized carbons (Fsp3) is 0.190.